The first-order valence-corrected chi connectivity index (χ1v) is 36.2. The van der Waals surface area contributed by atoms with Crippen molar-refractivity contribution >= 4 is 5.91 Å². The zero-order valence-corrected chi connectivity index (χ0v) is 53.9. The standard InChI is InChI=1S/C73H140N2O4/c1-4-7-10-13-16-19-22-25-28-31-34-37-40-43-46-49-52-55-58-61-64-77-70-67-69(73(76)75-74)68-71(78-65-62-59-56-53-50-47-44-41-38-35-32-29-26-23-20-17-14-11-8-5-2)72(70)79-66-63-60-57-54-51-48-45-42-39-36-33-30-27-24-21-18-15-12-9-6-3/h67-68H,4-66,74H2,1-3H3,(H,75,76). The van der Waals surface area contributed by atoms with Crippen LogP contribution < -0.4 is 25.5 Å². The van der Waals surface area contributed by atoms with Crippen LogP contribution in [-0.4, -0.2) is 25.7 Å². The fourth-order valence-corrected chi connectivity index (χ4v) is 11.8. The summed E-state index contributed by atoms with van der Waals surface area (Å²) in [7, 11) is 0. The lowest BCUT2D eigenvalue weighted by Gasteiger charge is -2.19. The van der Waals surface area contributed by atoms with Crippen LogP contribution in [0.2, 0.25) is 0 Å². The molecule has 0 saturated heterocycles. The number of amides is 1. The largest absolute Gasteiger partial charge is 0.490 e. The van der Waals surface area contributed by atoms with E-state index in [1.165, 1.54) is 347 Å². The topological polar surface area (TPSA) is 82.8 Å². The molecule has 0 aliphatic heterocycles. The minimum atomic E-state index is -0.340. The summed E-state index contributed by atoms with van der Waals surface area (Å²) >= 11 is 0. The summed E-state index contributed by atoms with van der Waals surface area (Å²) in [5.74, 6) is 7.18. The van der Waals surface area contributed by atoms with Gasteiger partial charge in [-0.15, -0.1) is 0 Å². The number of rotatable bonds is 67. The van der Waals surface area contributed by atoms with Crippen molar-refractivity contribution < 1.29 is 19.0 Å². The number of ether oxygens (including phenoxy) is 3. The Morgan fingerprint density at radius 2 is 0.443 bits per heavy atom. The monoisotopic (exact) mass is 1110 g/mol. The molecule has 6 heteroatoms. The summed E-state index contributed by atoms with van der Waals surface area (Å²) in [6, 6.07) is 3.60. The van der Waals surface area contributed by atoms with Crippen LogP contribution in [0.25, 0.3) is 0 Å². The van der Waals surface area contributed by atoms with E-state index in [2.05, 4.69) is 26.2 Å². The van der Waals surface area contributed by atoms with Crippen molar-refractivity contribution in [1.29, 1.82) is 0 Å². The van der Waals surface area contributed by atoms with Gasteiger partial charge in [0.2, 0.25) is 5.75 Å². The van der Waals surface area contributed by atoms with Crippen LogP contribution in [-0.2, 0) is 0 Å². The van der Waals surface area contributed by atoms with Gasteiger partial charge in [0.25, 0.3) is 5.91 Å². The summed E-state index contributed by atoms with van der Waals surface area (Å²) in [5.41, 5.74) is 2.79. The molecule has 0 spiro atoms. The molecule has 3 N–H and O–H groups in total. The molecule has 1 aromatic rings. The number of unbranched alkanes of at least 4 members (excludes halogenated alkanes) is 57. The van der Waals surface area contributed by atoms with Crippen molar-refractivity contribution in [1.82, 2.24) is 5.43 Å². The second-order valence-electron chi connectivity index (χ2n) is 25.0. The summed E-state index contributed by atoms with van der Waals surface area (Å²) in [6.07, 6.45) is 82.1. The van der Waals surface area contributed by atoms with E-state index in [-0.39, 0.29) is 5.91 Å². The Morgan fingerprint density at radius 1 is 0.278 bits per heavy atom. The number of hydrogen-bond acceptors (Lipinski definition) is 5. The molecular formula is C73H140N2O4. The fraction of sp³-hybridized carbons (Fsp3) is 0.904. The number of nitrogens with one attached hydrogen (secondary N) is 1. The molecule has 79 heavy (non-hydrogen) atoms. The molecule has 0 aromatic heterocycles. The minimum absolute atomic E-state index is 0.340. The van der Waals surface area contributed by atoms with E-state index in [4.69, 9.17) is 20.1 Å². The molecule has 0 bridgehead atoms. The molecule has 0 fully saturated rings. The lowest BCUT2D eigenvalue weighted by atomic mass is 10.0. The highest BCUT2D eigenvalue weighted by Crippen LogP contribution is 2.40. The van der Waals surface area contributed by atoms with Gasteiger partial charge in [-0.25, -0.2) is 5.84 Å². The van der Waals surface area contributed by atoms with E-state index in [1.54, 1.807) is 12.1 Å². The van der Waals surface area contributed by atoms with Gasteiger partial charge in [0.1, 0.15) is 0 Å². The Hall–Kier alpha value is -1.95. The van der Waals surface area contributed by atoms with E-state index in [0.717, 1.165) is 38.5 Å². The van der Waals surface area contributed by atoms with Crippen LogP contribution in [0.15, 0.2) is 12.1 Å². The quantitative estimate of drug-likeness (QED) is 0.0294. The lowest BCUT2D eigenvalue weighted by molar-refractivity contribution is 0.0952. The zero-order valence-electron chi connectivity index (χ0n) is 53.9. The second kappa shape index (κ2) is 63.6. The van der Waals surface area contributed by atoms with Gasteiger partial charge in [-0.05, 0) is 31.4 Å². The summed E-state index contributed by atoms with van der Waals surface area (Å²) in [6.45, 7) is 8.72. The molecule has 0 saturated carbocycles. The van der Waals surface area contributed by atoms with Crippen LogP contribution in [0.5, 0.6) is 17.2 Å². The van der Waals surface area contributed by atoms with Gasteiger partial charge in [0.15, 0.2) is 11.5 Å². The van der Waals surface area contributed by atoms with Gasteiger partial charge in [0.05, 0.1) is 19.8 Å². The van der Waals surface area contributed by atoms with Crippen molar-refractivity contribution in [3.63, 3.8) is 0 Å². The van der Waals surface area contributed by atoms with E-state index >= 15 is 0 Å². The lowest BCUT2D eigenvalue weighted by Crippen LogP contribution is -2.30. The van der Waals surface area contributed by atoms with Gasteiger partial charge in [0, 0.05) is 5.56 Å². The average Bonchev–Trinajstić information content (AvgIpc) is 3.46. The second-order valence-corrected chi connectivity index (χ2v) is 25.0. The van der Waals surface area contributed by atoms with E-state index in [0.29, 0.717) is 42.6 Å². The normalized spacial score (nSPS) is 11.5. The molecule has 0 aliphatic carbocycles. The fourth-order valence-electron chi connectivity index (χ4n) is 11.8. The van der Waals surface area contributed by atoms with Gasteiger partial charge in [-0.1, -0.05) is 387 Å². The Balaban J connectivity index is 2.44. The number of nitrogens with two attached hydrogens (primary N) is 1. The number of carbonyl (C=O) groups excluding carboxylic acids is 1. The van der Waals surface area contributed by atoms with Crippen molar-refractivity contribution in [3.8, 4) is 17.2 Å². The Morgan fingerprint density at radius 3 is 0.620 bits per heavy atom. The van der Waals surface area contributed by atoms with E-state index in [1.807, 2.05) is 0 Å². The summed E-state index contributed by atoms with van der Waals surface area (Å²) in [5, 5.41) is 0. The van der Waals surface area contributed by atoms with Crippen LogP contribution in [0, 0.1) is 0 Å². The number of carbonyl (C=O) groups is 1. The zero-order chi connectivity index (χ0) is 56.7. The maximum absolute atomic E-state index is 12.9. The minimum Gasteiger partial charge on any atom is -0.490 e. The van der Waals surface area contributed by atoms with Gasteiger partial charge < -0.3 is 14.2 Å². The first kappa shape index (κ1) is 75.1. The van der Waals surface area contributed by atoms with Gasteiger partial charge >= 0.3 is 0 Å². The molecule has 466 valence electrons. The Bertz CT molecular complexity index is 1290. The number of hydrogen-bond donors (Lipinski definition) is 2. The molecular weight excluding hydrogens is 969 g/mol. The Kier molecular flexibility index (Phi) is 60.5. The number of hydrazine groups is 1. The maximum atomic E-state index is 12.9. The third-order valence-corrected chi connectivity index (χ3v) is 17.2. The third kappa shape index (κ3) is 52.6. The van der Waals surface area contributed by atoms with Crippen molar-refractivity contribution in [2.24, 2.45) is 5.84 Å². The van der Waals surface area contributed by atoms with E-state index in [9.17, 15) is 4.79 Å². The smallest absolute Gasteiger partial charge is 0.265 e. The highest BCUT2D eigenvalue weighted by Gasteiger charge is 2.19. The molecule has 0 unspecified atom stereocenters. The molecule has 1 amide bonds. The first-order chi connectivity index (χ1) is 39.2. The molecule has 0 heterocycles. The highest BCUT2D eigenvalue weighted by atomic mass is 16.5. The summed E-state index contributed by atoms with van der Waals surface area (Å²) < 4.78 is 19.5. The molecule has 1 aromatic carbocycles. The predicted molar refractivity (Wildman–Crippen MR) is 349 cm³/mol. The third-order valence-electron chi connectivity index (χ3n) is 17.2. The molecule has 0 atom stereocenters. The molecule has 6 nitrogen and oxygen atoms in total. The molecule has 0 radical (unpaired) electrons. The molecule has 0 aliphatic rings. The van der Waals surface area contributed by atoms with Gasteiger partial charge in [-0.2, -0.15) is 0 Å². The number of benzene rings is 1. The van der Waals surface area contributed by atoms with Crippen molar-refractivity contribution in [2.45, 2.75) is 406 Å². The van der Waals surface area contributed by atoms with Crippen molar-refractivity contribution in [3.05, 3.63) is 17.7 Å². The van der Waals surface area contributed by atoms with Crippen LogP contribution >= 0.6 is 0 Å². The number of nitrogen functional groups attached to an aromatic ring is 1. The first-order valence-electron chi connectivity index (χ1n) is 36.2. The van der Waals surface area contributed by atoms with Gasteiger partial charge in [-0.3, -0.25) is 10.2 Å². The highest BCUT2D eigenvalue weighted by molar-refractivity contribution is 5.95. The summed E-state index contributed by atoms with van der Waals surface area (Å²) in [4.78, 5) is 12.9. The van der Waals surface area contributed by atoms with Crippen molar-refractivity contribution in [2.75, 3.05) is 19.8 Å². The predicted octanol–water partition coefficient (Wildman–Crippen LogP) is 24.9. The Labute approximate surface area is 494 Å². The van der Waals surface area contributed by atoms with Crippen LogP contribution in [0.4, 0.5) is 0 Å². The average molecular weight is 1110 g/mol. The maximum Gasteiger partial charge on any atom is 0.265 e. The molecule has 1 rings (SSSR count). The van der Waals surface area contributed by atoms with E-state index < -0.39 is 0 Å². The van der Waals surface area contributed by atoms with Crippen LogP contribution in [0.3, 0.4) is 0 Å². The SMILES string of the molecule is CCCCCCCCCCCCCCCCCCCCCCOc1cc(C(=O)NN)cc(OCCCCCCCCCCCCCCCCCCCCCC)c1OCCCCCCCCCCCCCCCCCCCCCC. The van der Waals surface area contributed by atoms with Crippen LogP contribution in [0.1, 0.15) is 416 Å².